The fourth-order valence-electron chi connectivity index (χ4n) is 3.45. The first kappa shape index (κ1) is 15.1. The van der Waals surface area contributed by atoms with Crippen molar-refractivity contribution in [2.75, 3.05) is 0 Å². The number of fused-ring (bicyclic) bond motifs is 1. The minimum Gasteiger partial charge on any atom is -0.464 e. The van der Waals surface area contributed by atoms with Gasteiger partial charge in [0.1, 0.15) is 5.58 Å². The van der Waals surface area contributed by atoms with Crippen molar-refractivity contribution in [2.24, 2.45) is 5.92 Å². The summed E-state index contributed by atoms with van der Waals surface area (Å²) in [4.78, 5) is 12.3. The number of carbonyl (C=O) groups excluding carboxylic acids is 1. The molecule has 1 saturated carbocycles. The van der Waals surface area contributed by atoms with Crippen LogP contribution in [0.3, 0.4) is 0 Å². The number of rotatable bonds is 4. The van der Waals surface area contributed by atoms with E-state index in [1.165, 1.54) is 24.8 Å². The van der Waals surface area contributed by atoms with E-state index < -0.39 is 0 Å². The Kier molecular flexibility index (Phi) is 4.51. The molecule has 118 valence electrons. The van der Waals surface area contributed by atoms with E-state index in [0.29, 0.717) is 18.4 Å². The lowest BCUT2D eigenvalue weighted by Gasteiger charge is -2.29. The maximum atomic E-state index is 12.3. The van der Waals surface area contributed by atoms with Gasteiger partial charge >= 0.3 is 0 Å². The Balaban J connectivity index is 1.68. The third kappa shape index (κ3) is 3.18. The van der Waals surface area contributed by atoms with Crippen molar-refractivity contribution in [3.05, 3.63) is 35.6 Å². The van der Waals surface area contributed by atoms with Crippen LogP contribution in [0.1, 0.15) is 50.7 Å². The molecule has 0 radical (unpaired) electrons. The maximum absolute atomic E-state index is 12.3. The average Bonchev–Trinajstić information content (AvgIpc) is 2.91. The van der Waals surface area contributed by atoms with Gasteiger partial charge in [-0.25, -0.2) is 0 Å². The Labute approximate surface area is 132 Å². The highest BCUT2D eigenvalue weighted by molar-refractivity contribution is 5.88. The molecule has 1 aliphatic rings. The summed E-state index contributed by atoms with van der Waals surface area (Å²) < 4.78 is 5.62. The molecule has 3 nitrogen and oxygen atoms in total. The first-order chi connectivity index (χ1) is 10.7. The van der Waals surface area contributed by atoms with E-state index in [-0.39, 0.29) is 5.91 Å². The summed E-state index contributed by atoms with van der Waals surface area (Å²) in [7, 11) is 0. The molecule has 3 heteroatoms. The second-order valence-electron chi connectivity index (χ2n) is 6.56. The van der Waals surface area contributed by atoms with Gasteiger partial charge in [-0.3, -0.25) is 4.79 Å². The topological polar surface area (TPSA) is 42.2 Å². The van der Waals surface area contributed by atoms with Gasteiger partial charge in [0, 0.05) is 17.0 Å². The molecule has 0 saturated heterocycles. The minimum atomic E-state index is 0.112. The van der Waals surface area contributed by atoms with Crippen molar-refractivity contribution in [1.82, 2.24) is 5.32 Å². The fraction of sp³-hybridized carbons (Fsp3) is 0.526. The van der Waals surface area contributed by atoms with Crippen LogP contribution in [0.5, 0.6) is 0 Å². The van der Waals surface area contributed by atoms with E-state index in [1.807, 2.05) is 0 Å². The molecule has 1 amide bonds. The van der Waals surface area contributed by atoms with Gasteiger partial charge in [-0.2, -0.15) is 0 Å². The largest absolute Gasteiger partial charge is 0.464 e. The van der Waals surface area contributed by atoms with Crippen molar-refractivity contribution in [3.8, 4) is 0 Å². The minimum absolute atomic E-state index is 0.112. The third-order valence-corrected chi connectivity index (χ3v) is 4.94. The van der Waals surface area contributed by atoms with Crippen LogP contribution in [0.2, 0.25) is 0 Å². The zero-order chi connectivity index (χ0) is 15.5. The number of benzene rings is 1. The predicted octanol–water partition coefficient (Wildman–Crippen LogP) is 4.23. The molecular formula is C19H25NO2. The molecule has 1 aromatic carbocycles. The van der Waals surface area contributed by atoms with Crippen LogP contribution in [0.25, 0.3) is 11.0 Å². The number of carbonyl (C=O) groups is 1. The lowest BCUT2D eigenvalue weighted by Crippen LogP contribution is -2.41. The molecule has 2 aromatic rings. The molecule has 0 unspecified atom stereocenters. The summed E-state index contributed by atoms with van der Waals surface area (Å²) in [5.74, 6) is 0.701. The number of aryl methyl sites for hydroxylation is 1. The molecule has 22 heavy (non-hydrogen) atoms. The van der Waals surface area contributed by atoms with Crippen LogP contribution >= 0.6 is 0 Å². The molecule has 1 aromatic heterocycles. The fourth-order valence-corrected chi connectivity index (χ4v) is 3.45. The van der Waals surface area contributed by atoms with Crippen LogP contribution in [-0.2, 0) is 17.6 Å². The molecule has 1 aliphatic carbocycles. The standard InChI is InChI=1S/C19H25NO2/c1-3-14-8-9-16-15(12-22-18(16)10-14)11-19(21)20-17-7-5-4-6-13(17)2/h8-10,12-13,17H,3-7,11H2,1-2H3,(H,20,21)/t13-,17-/m1/s1. The van der Waals surface area contributed by atoms with E-state index in [9.17, 15) is 4.79 Å². The lowest BCUT2D eigenvalue weighted by molar-refractivity contribution is -0.121. The molecule has 1 N–H and O–H groups in total. The second-order valence-corrected chi connectivity index (χ2v) is 6.56. The zero-order valence-corrected chi connectivity index (χ0v) is 13.5. The Morgan fingerprint density at radius 1 is 1.32 bits per heavy atom. The summed E-state index contributed by atoms with van der Waals surface area (Å²) in [5, 5.41) is 4.27. The number of hydrogen-bond acceptors (Lipinski definition) is 2. The first-order valence-corrected chi connectivity index (χ1v) is 8.45. The van der Waals surface area contributed by atoms with Gasteiger partial charge in [0.2, 0.25) is 5.91 Å². The van der Waals surface area contributed by atoms with Gasteiger partial charge in [-0.1, -0.05) is 38.8 Å². The lowest BCUT2D eigenvalue weighted by atomic mass is 9.86. The summed E-state index contributed by atoms with van der Waals surface area (Å²) in [5.41, 5.74) is 3.13. The highest BCUT2D eigenvalue weighted by atomic mass is 16.3. The quantitative estimate of drug-likeness (QED) is 0.918. The molecule has 3 rings (SSSR count). The Morgan fingerprint density at radius 3 is 2.91 bits per heavy atom. The van der Waals surface area contributed by atoms with Crippen LogP contribution in [0.15, 0.2) is 28.9 Å². The summed E-state index contributed by atoms with van der Waals surface area (Å²) in [6.45, 7) is 4.37. The van der Waals surface area contributed by atoms with Gasteiger partial charge in [-0.15, -0.1) is 0 Å². The van der Waals surface area contributed by atoms with Crippen LogP contribution in [0.4, 0.5) is 0 Å². The smallest absolute Gasteiger partial charge is 0.224 e. The molecule has 0 spiro atoms. The van der Waals surface area contributed by atoms with Crippen LogP contribution in [-0.4, -0.2) is 11.9 Å². The van der Waals surface area contributed by atoms with Crippen molar-refractivity contribution in [1.29, 1.82) is 0 Å². The second kappa shape index (κ2) is 6.55. The van der Waals surface area contributed by atoms with Gasteiger partial charge in [-0.05, 0) is 36.8 Å². The van der Waals surface area contributed by atoms with Gasteiger partial charge < -0.3 is 9.73 Å². The molecule has 2 atom stereocenters. The van der Waals surface area contributed by atoms with Crippen LogP contribution in [0, 0.1) is 5.92 Å². The number of amides is 1. The zero-order valence-electron chi connectivity index (χ0n) is 13.5. The summed E-state index contributed by atoms with van der Waals surface area (Å²) in [6, 6.07) is 6.59. The third-order valence-electron chi connectivity index (χ3n) is 4.94. The molecular weight excluding hydrogens is 274 g/mol. The Hall–Kier alpha value is -1.77. The first-order valence-electron chi connectivity index (χ1n) is 8.45. The van der Waals surface area contributed by atoms with Crippen molar-refractivity contribution in [3.63, 3.8) is 0 Å². The highest BCUT2D eigenvalue weighted by Gasteiger charge is 2.23. The number of nitrogens with one attached hydrogen (secondary N) is 1. The van der Waals surface area contributed by atoms with E-state index in [4.69, 9.17) is 4.42 Å². The molecule has 1 heterocycles. The van der Waals surface area contributed by atoms with E-state index >= 15 is 0 Å². The summed E-state index contributed by atoms with van der Waals surface area (Å²) >= 11 is 0. The summed E-state index contributed by atoms with van der Waals surface area (Å²) in [6.07, 6.45) is 7.98. The normalized spacial score (nSPS) is 21.9. The van der Waals surface area contributed by atoms with Gasteiger partial charge in [0.25, 0.3) is 0 Å². The van der Waals surface area contributed by atoms with Crippen molar-refractivity contribution < 1.29 is 9.21 Å². The van der Waals surface area contributed by atoms with Gasteiger partial charge in [0.05, 0.1) is 12.7 Å². The van der Waals surface area contributed by atoms with E-state index in [1.54, 1.807) is 6.26 Å². The van der Waals surface area contributed by atoms with Crippen molar-refractivity contribution in [2.45, 2.75) is 58.4 Å². The van der Waals surface area contributed by atoms with Gasteiger partial charge in [0.15, 0.2) is 0 Å². The maximum Gasteiger partial charge on any atom is 0.224 e. The van der Waals surface area contributed by atoms with E-state index in [0.717, 1.165) is 29.4 Å². The molecule has 0 bridgehead atoms. The van der Waals surface area contributed by atoms with E-state index in [2.05, 4.69) is 37.4 Å². The van der Waals surface area contributed by atoms with Crippen molar-refractivity contribution >= 4 is 16.9 Å². The highest BCUT2D eigenvalue weighted by Crippen LogP contribution is 2.25. The Bertz CT molecular complexity index is 658. The number of hydrogen-bond donors (Lipinski definition) is 1. The SMILES string of the molecule is CCc1ccc2c(CC(=O)N[C@@H]3CCCC[C@H]3C)coc2c1. The molecule has 0 aliphatic heterocycles. The number of furan rings is 1. The monoisotopic (exact) mass is 299 g/mol. The molecule has 1 fully saturated rings. The average molecular weight is 299 g/mol. The predicted molar refractivity (Wildman–Crippen MR) is 88.9 cm³/mol. The Morgan fingerprint density at radius 2 is 2.14 bits per heavy atom. The van der Waals surface area contributed by atoms with Crippen LogP contribution < -0.4 is 5.32 Å².